The van der Waals surface area contributed by atoms with Crippen LogP contribution < -0.4 is 0 Å². The maximum absolute atomic E-state index is 12.7. The molecule has 1 aliphatic rings. The molecule has 1 rings (SSSR count). The van der Waals surface area contributed by atoms with E-state index in [1.165, 1.54) is 12.2 Å². The number of rotatable bonds is 12. The first-order valence-corrected chi connectivity index (χ1v) is 9.56. The summed E-state index contributed by atoms with van der Waals surface area (Å²) < 4.78 is 4.91. The van der Waals surface area contributed by atoms with Gasteiger partial charge in [-0.05, 0) is 18.3 Å². The number of carbonyl (C=O) groups excluding carboxylic acids is 1. The summed E-state index contributed by atoms with van der Waals surface area (Å²) in [4.78, 5) is 46.9. The molecule has 0 saturated heterocycles. The van der Waals surface area contributed by atoms with Crippen molar-refractivity contribution >= 4 is 23.7 Å². The number of aliphatic hydroxyl groups is 1. The van der Waals surface area contributed by atoms with Crippen LogP contribution in [0.15, 0.2) is 12.2 Å². The Bertz CT molecular complexity index is 667. The van der Waals surface area contributed by atoms with Crippen molar-refractivity contribution < 1.29 is 44.3 Å². The van der Waals surface area contributed by atoms with Gasteiger partial charge in [-0.3, -0.25) is 14.4 Å². The number of aliphatic carboxylic acids is 3. The van der Waals surface area contributed by atoms with Gasteiger partial charge in [-0.15, -0.1) is 0 Å². The third-order valence-corrected chi connectivity index (χ3v) is 5.61. The van der Waals surface area contributed by atoms with Gasteiger partial charge in [0.15, 0.2) is 11.2 Å². The van der Waals surface area contributed by atoms with Crippen LogP contribution in [0.2, 0.25) is 0 Å². The zero-order valence-electron chi connectivity index (χ0n) is 17.0. The van der Waals surface area contributed by atoms with Crippen molar-refractivity contribution in [3.05, 3.63) is 12.2 Å². The molecule has 0 aromatic rings. The lowest BCUT2D eigenvalue weighted by molar-refractivity contribution is -0.164. The van der Waals surface area contributed by atoms with Crippen molar-refractivity contribution in [1.82, 2.24) is 0 Å². The highest BCUT2D eigenvalue weighted by Crippen LogP contribution is 2.46. The molecule has 0 aromatic heterocycles. The fourth-order valence-electron chi connectivity index (χ4n) is 3.59. The molecule has 2 unspecified atom stereocenters. The fourth-order valence-corrected chi connectivity index (χ4v) is 3.59. The average Bonchev–Trinajstić information content (AvgIpc) is 2.91. The van der Waals surface area contributed by atoms with Gasteiger partial charge < -0.3 is 25.2 Å². The predicted molar refractivity (Wildman–Crippen MR) is 101 cm³/mol. The highest BCUT2D eigenvalue weighted by atomic mass is 16.5. The quantitative estimate of drug-likeness (QED) is 0.275. The van der Waals surface area contributed by atoms with Crippen molar-refractivity contribution in [3.63, 3.8) is 0 Å². The van der Waals surface area contributed by atoms with E-state index in [0.29, 0.717) is 0 Å². The second-order valence-electron chi connectivity index (χ2n) is 8.18. The van der Waals surface area contributed by atoms with Gasteiger partial charge in [0.1, 0.15) is 12.5 Å². The van der Waals surface area contributed by atoms with Gasteiger partial charge in [0.25, 0.3) is 0 Å². The normalized spacial score (nSPS) is 26.0. The Labute approximate surface area is 169 Å². The van der Waals surface area contributed by atoms with E-state index in [0.717, 1.165) is 19.3 Å². The molecule has 4 N–H and O–H groups in total. The number of aliphatic hydroxyl groups excluding tert-OH is 1. The van der Waals surface area contributed by atoms with Gasteiger partial charge in [-0.1, -0.05) is 45.8 Å². The first-order chi connectivity index (χ1) is 13.4. The molecule has 1 fully saturated rings. The van der Waals surface area contributed by atoms with Crippen molar-refractivity contribution in [2.45, 2.75) is 52.6 Å². The second kappa shape index (κ2) is 9.98. The number of ketones is 1. The maximum Gasteiger partial charge on any atom is 0.329 e. The minimum atomic E-state index is -2.22. The molecule has 29 heavy (non-hydrogen) atoms. The van der Waals surface area contributed by atoms with Crippen molar-refractivity contribution in [2.24, 2.45) is 22.7 Å². The van der Waals surface area contributed by atoms with E-state index in [9.17, 15) is 34.5 Å². The van der Waals surface area contributed by atoms with E-state index >= 15 is 0 Å². The Morgan fingerprint density at radius 3 is 2.38 bits per heavy atom. The Morgan fingerprint density at radius 1 is 1.28 bits per heavy atom. The zero-order valence-corrected chi connectivity index (χ0v) is 17.0. The van der Waals surface area contributed by atoms with E-state index < -0.39 is 65.7 Å². The molecule has 1 saturated carbocycles. The number of unbranched alkanes of at least 4 members (excludes halogenated alkanes) is 1. The molecule has 9 nitrogen and oxygen atoms in total. The van der Waals surface area contributed by atoms with Gasteiger partial charge in [0.2, 0.25) is 0 Å². The van der Waals surface area contributed by atoms with Gasteiger partial charge in [0.05, 0.1) is 12.7 Å². The van der Waals surface area contributed by atoms with Gasteiger partial charge in [0, 0.05) is 5.92 Å². The van der Waals surface area contributed by atoms with Gasteiger partial charge in [-0.2, -0.15) is 0 Å². The number of carboxylic acids is 3. The predicted octanol–water partition coefficient (Wildman–Crippen LogP) is 1.58. The highest BCUT2D eigenvalue weighted by molar-refractivity contribution is 6.13. The lowest BCUT2D eigenvalue weighted by Gasteiger charge is -2.30. The molecule has 0 bridgehead atoms. The van der Waals surface area contributed by atoms with Crippen LogP contribution in [0, 0.1) is 22.7 Å². The standard InChI is InChI=1S/C20H30O9/c1-4-5-8-19(2,3)14(21)7-6-12-9-13(17(25)26)16(24)20(12,18(27)28)11-29-10-15(22)23/h6-7,12-14,21H,4-5,8-11H2,1-3H3,(H,22,23)(H,25,26)(H,27,28)/t12?,13-,14?,20-/m1/s1. The molecule has 0 amide bonds. The summed E-state index contributed by atoms with van der Waals surface area (Å²) in [5.74, 6) is -7.99. The third kappa shape index (κ3) is 5.63. The van der Waals surface area contributed by atoms with Crippen LogP contribution in [0.1, 0.15) is 46.5 Å². The third-order valence-electron chi connectivity index (χ3n) is 5.61. The summed E-state index contributed by atoms with van der Waals surface area (Å²) >= 11 is 0. The number of carboxylic acid groups (broad SMARTS) is 3. The summed E-state index contributed by atoms with van der Waals surface area (Å²) in [5.41, 5.74) is -2.71. The minimum Gasteiger partial charge on any atom is -0.481 e. The maximum atomic E-state index is 12.7. The molecular weight excluding hydrogens is 384 g/mol. The van der Waals surface area contributed by atoms with E-state index in [-0.39, 0.29) is 6.42 Å². The number of allylic oxidation sites excluding steroid dienone is 1. The van der Waals surface area contributed by atoms with Crippen molar-refractivity contribution in [1.29, 1.82) is 0 Å². The van der Waals surface area contributed by atoms with Crippen LogP contribution in [0.3, 0.4) is 0 Å². The molecule has 164 valence electrons. The van der Waals surface area contributed by atoms with Crippen LogP contribution in [-0.4, -0.2) is 63.4 Å². The second-order valence-corrected chi connectivity index (χ2v) is 8.18. The van der Waals surface area contributed by atoms with Crippen LogP contribution >= 0.6 is 0 Å². The molecule has 1 aliphatic carbocycles. The van der Waals surface area contributed by atoms with Gasteiger partial charge >= 0.3 is 17.9 Å². The minimum absolute atomic E-state index is 0.268. The monoisotopic (exact) mass is 414 g/mol. The lowest BCUT2D eigenvalue weighted by atomic mass is 9.76. The fraction of sp³-hybridized carbons (Fsp3) is 0.700. The van der Waals surface area contributed by atoms with E-state index in [4.69, 9.17) is 9.84 Å². The van der Waals surface area contributed by atoms with Crippen LogP contribution in [0.5, 0.6) is 0 Å². The molecule has 4 atom stereocenters. The first-order valence-electron chi connectivity index (χ1n) is 9.56. The number of hydrogen-bond donors (Lipinski definition) is 4. The highest BCUT2D eigenvalue weighted by Gasteiger charge is 2.61. The van der Waals surface area contributed by atoms with Crippen LogP contribution in [-0.2, 0) is 23.9 Å². The van der Waals surface area contributed by atoms with Crippen LogP contribution in [0.25, 0.3) is 0 Å². The molecule has 9 heteroatoms. The summed E-state index contributed by atoms with van der Waals surface area (Å²) in [6.07, 6.45) is 4.12. The Hall–Kier alpha value is -2.26. The van der Waals surface area contributed by atoms with E-state index in [1.54, 1.807) is 0 Å². The smallest absolute Gasteiger partial charge is 0.329 e. The number of ether oxygens (including phenoxy) is 1. The summed E-state index contributed by atoms with van der Waals surface area (Å²) in [7, 11) is 0. The van der Waals surface area contributed by atoms with E-state index in [1.807, 2.05) is 20.8 Å². The molecule has 0 heterocycles. The Balaban J connectivity index is 3.20. The molecule has 0 spiro atoms. The van der Waals surface area contributed by atoms with E-state index in [2.05, 4.69) is 0 Å². The molecule has 0 radical (unpaired) electrons. The summed E-state index contributed by atoms with van der Waals surface area (Å²) in [6.45, 7) is 4.16. The lowest BCUT2D eigenvalue weighted by Crippen LogP contribution is -2.46. The molecular formula is C20H30O9. The number of carbonyl (C=O) groups is 4. The SMILES string of the molecule is CCCCC(C)(C)C(O)C=CC1C[C@@H](C(=O)O)C(=O)[C@]1(COCC(=O)O)C(=O)O. The zero-order chi connectivity index (χ0) is 22.4. The molecule has 0 aromatic carbocycles. The summed E-state index contributed by atoms with van der Waals surface area (Å²) in [5, 5.41) is 38.3. The van der Waals surface area contributed by atoms with Crippen molar-refractivity contribution in [3.8, 4) is 0 Å². The summed E-state index contributed by atoms with van der Waals surface area (Å²) in [6, 6.07) is 0. The largest absolute Gasteiger partial charge is 0.481 e. The van der Waals surface area contributed by atoms with Crippen molar-refractivity contribution in [2.75, 3.05) is 13.2 Å². The topological polar surface area (TPSA) is 158 Å². The number of hydrogen-bond acceptors (Lipinski definition) is 6. The molecule has 0 aliphatic heterocycles. The average molecular weight is 414 g/mol. The first kappa shape index (κ1) is 24.8. The van der Waals surface area contributed by atoms with Gasteiger partial charge in [-0.25, -0.2) is 4.79 Å². The number of Topliss-reactive ketones (excluding diaryl/α,β-unsaturated/α-hetero) is 1. The Kier molecular flexibility index (Phi) is 8.52. The Morgan fingerprint density at radius 2 is 1.90 bits per heavy atom. The van der Waals surface area contributed by atoms with Crippen LogP contribution in [0.4, 0.5) is 0 Å².